The van der Waals surface area contributed by atoms with Crippen molar-refractivity contribution in [3.05, 3.63) is 40.8 Å². The highest BCUT2D eigenvalue weighted by Gasteiger charge is 2.39. The van der Waals surface area contributed by atoms with Crippen LogP contribution < -0.4 is 0 Å². The first-order valence-electron chi connectivity index (χ1n) is 11.6. The maximum atomic E-state index is 11.5. The SMILES string of the molecule is CCCCC[C@H](O)c1sc2ccccc2c1/C=C/[C@H]1OC(C)(C)O[C@H]1CCCC(=O)OC. The first-order chi connectivity index (χ1) is 15.3. The summed E-state index contributed by atoms with van der Waals surface area (Å²) in [6.07, 6.45) is 9.14. The van der Waals surface area contributed by atoms with Crippen LogP contribution in [-0.4, -0.2) is 36.2 Å². The Bertz CT molecular complexity index is 916. The molecule has 0 aliphatic carbocycles. The van der Waals surface area contributed by atoms with Crippen molar-refractivity contribution in [2.75, 3.05) is 7.11 Å². The average Bonchev–Trinajstić information content (AvgIpc) is 3.28. The number of carbonyl (C=O) groups excluding carboxylic acids is 1. The van der Waals surface area contributed by atoms with E-state index in [1.54, 1.807) is 11.3 Å². The predicted octanol–water partition coefficient (Wildman–Crippen LogP) is 6.39. The third-order valence-electron chi connectivity index (χ3n) is 5.82. The molecule has 3 atom stereocenters. The van der Waals surface area contributed by atoms with Gasteiger partial charge < -0.3 is 19.3 Å². The fraction of sp³-hybridized carbons (Fsp3) is 0.577. The summed E-state index contributed by atoms with van der Waals surface area (Å²) in [6.45, 7) is 6.00. The van der Waals surface area contributed by atoms with Gasteiger partial charge in [-0.2, -0.15) is 0 Å². The van der Waals surface area contributed by atoms with Crippen LogP contribution in [0.2, 0.25) is 0 Å². The van der Waals surface area contributed by atoms with Gasteiger partial charge in [0.25, 0.3) is 0 Å². The Hall–Kier alpha value is -1.73. The summed E-state index contributed by atoms with van der Waals surface area (Å²) in [5.74, 6) is -0.883. The molecule has 0 saturated carbocycles. The second-order valence-corrected chi connectivity index (χ2v) is 9.94. The third-order valence-corrected chi connectivity index (χ3v) is 7.11. The maximum absolute atomic E-state index is 11.5. The van der Waals surface area contributed by atoms with E-state index in [0.717, 1.165) is 41.5 Å². The molecule has 1 aromatic carbocycles. The van der Waals surface area contributed by atoms with Gasteiger partial charge in [-0.05, 0) is 44.7 Å². The summed E-state index contributed by atoms with van der Waals surface area (Å²) in [7, 11) is 1.41. The first-order valence-corrected chi connectivity index (χ1v) is 12.5. The zero-order chi connectivity index (χ0) is 23.1. The number of hydrogen-bond acceptors (Lipinski definition) is 6. The van der Waals surface area contributed by atoms with Gasteiger partial charge in [0, 0.05) is 21.4 Å². The van der Waals surface area contributed by atoms with Crippen molar-refractivity contribution < 1.29 is 24.1 Å². The number of fused-ring (bicyclic) bond motifs is 1. The van der Waals surface area contributed by atoms with Gasteiger partial charge in [0.1, 0.15) is 6.10 Å². The van der Waals surface area contributed by atoms with E-state index in [-0.39, 0.29) is 18.2 Å². The summed E-state index contributed by atoms with van der Waals surface area (Å²) in [4.78, 5) is 12.5. The average molecular weight is 461 g/mol. The lowest BCUT2D eigenvalue weighted by molar-refractivity contribution is -0.144. The molecule has 5 nitrogen and oxygen atoms in total. The molecule has 176 valence electrons. The van der Waals surface area contributed by atoms with Crippen LogP contribution in [0.15, 0.2) is 30.3 Å². The number of ether oxygens (including phenoxy) is 3. The number of thiophene rings is 1. The second-order valence-electron chi connectivity index (χ2n) is 8.85. The van der Waals surface area contributed by atoms with Crippen molar-refractivity contribution in [2.45, 2.75) is 89.8 Å². The zero-order valence-electron chi connectivity index (χ0n) is 19.6. The largest absolute Gasteiger partial charge is 0.469 e. The van der Waals surface area contributed by atoms with Crippen LogP contribution in [0, 0.1) is 0 Å². The van der Waals surface area contributed by atoms with E-state index >= 15 is 0 Å². The normalized spacial score (nSPS) is 21.4. The lowest BCUT2D eigenvalue weighted by Gasteiger charge is -2.16. The van der Waals surface area contributed by atoms with Gasteiger partial charge in [-0.25, -0.2) is 0 Å². The molecule has 2 aromatic rings. The molecule has 1 aliphatic rings. The summed E-state index contributed by atoms with van der Waals surface area (Å²) in [6, 6.07) is 8.28. The van der Waals surface area contributed by atoms with Crippen LogP contribution in [0.3, 0.4) is 0 Å². The number of carbonyl (C=O) groups is 1. The molecule has 0 unspecified atom stereocenters. The standard InChI is InChI=1S/C26H36O5S/c1-5-6-7-12-20(27)25-19(18-11-8-9-14-23(18)32-25)16-17-22-21(30-26(2,3)31-22)13-10-15-24(28)29-4/h8-9,11,14,16-17,20-22,27H,5-7,10,12-13,15H2,1-4H3/b17-16+/t20-,21-,22+/m0/s1. The van der Waals surface area contributed by atoms with E-state index in [4.69, 9.17) is 14.2 Å². The number of unbranched alkanes of at least 4 members (excludes halogenated alkanes) is 2. The number of esters is 1. The molecule has 32 heavy (non-hydrogen) atoms. The van der Waals surface area contributed by atoms with Crippen LogP contribution in [0.4, 0.5) is 0 Å². The van der Waals surface area contributed by atoms with E-state index in [9.17, 15) is 9.90 Å². The predicted molar refractivity (Wildman–Crippen MR) is 130 cm³/mol. The van der Waals surface area contributed by atoms with Gasteiger partial charge in [-0.3, -0.25) is 4.79 Å². The van der Waals surface area contributed by atoms with Crippen LogP contribution in [0.25, 0.3) is 16.2 Å². The number of aliphatic hydroxyl groups is 1. The molecule has 1 aliphatic heterocycles. The quantitative estimate of drug-likeness (QED) is 0.311. The van der Waals surface area contributed by atoms with Crippen molar-refractivity contribution >= 4 is 33.5 Å². The lowest BCUT2D eigenvalue weighted by atomic mass is 10.0. The van der Waals surface area contributed by atoms with Crippen LogP contribution in [-0.2, 0) is 19.0 Å². The van der Waals surface area contributed by atoms with Crippen molar-refractivity contribution in [1.29, 1.82) is 0 Å². The number of hydrogen-bond donors (Lipinski definition) is 1. The highest BCUT2D eigenvalue weighted by atomic mass is 32.1. The second kappa shape index (κ2) is 11.4. The Kier molecular flexibility index (Phi) is 8.88. The van der Waals surface area contributed by atoms with E-state index < -0.39 is 11.9 Å². The summed E-state index contributed by atoms with van der Waals surface area (Å²) in [5.41, 5.74) is 1.07. The Labute approximate surface area is 195 Å². The summed E-state index contributed by atoms with van der Waals surface area (Å²) < 4.78 is 18.2. The fourth-order valence-electron chi connectivity index (χ4n) is 4.21. The highest BCUT2D eigenvalue weighted by molar-refractivity contribution is 7.19. The van der Waals surface area contributed by atoms with Crippen molar-refractivity contribution in [1.82, 2.24) is 0 Å². The Balaban J connectivity index is 1.80. The Morgan fingerprint density at radius 2 is 2.03 bits per heavy atom. The van der Waals surface area contributed by atoms with Crippen molar-refractivity contribution in [3.8, 4) is 0 Å². The Morgan fingerprint density at radius 3 is 2.78 bits per heavy atom. The van der Waals surface area contributed by atoms with Crippen LogP contribution in [0.1, 0.15) is 82.3 Å². The molecule has 3 rings (SSSR count). The minimum Gasteiger partial charge on any atom is -0.469 e. The number of rotatable bonds is 11. The molecule has 2 heterocycles. The molecular weight excluding hydrogens is 424 g/mol. The minimum atomic E-state index is -0.676. The topological polar surface area (TPSA) is 65.0 Å². The fourth-order valence-corrected chi connectivity index (χ4v) is 5.43. The molecule has 0 bridgehead atoms. The minimum absolute atomic E-state index is 0.131. The number of methoxy groups -OCH3 is 1. The van der Waals surface area contributed by atoms with E-state index in [1.165, 1.54) is 11.8 Å². The molecule has 0 radical (unpaired) electrons. The molecule has 0 amide bonds. The van der Waals surface area contributed by atoms with Gasteiger partial charge in [0.05, 0.1) is 19.3 Å². The van der Waals surface area contributed by atoms with Gasteiger partial charge in [0.2, 0.25) is 0 Å². The van der Waals surface area contributed by atoms with Crippen molar-refractivity contribution in [2.24, 2.45) is 0 Å². The van der Waals surface area contributed by atoms with E-state index in [2.05, 4.69) is 25.1 Å². The summed E-state index contributed by atoms with van der Waals surface area (Å²) in [5, 5.41) is 12.1. The Morgan fingerprint density at radius 1 is 1.25 bits per heavy atom. The molecule has 1 fully saturated rings. The molecule has 1 N–H and O–H groups in total. The molecule has 1 saturated heterocycles. The third kappa shape index (κ3) is 6.41. The smallest absolute Gasteiger partial charge is 0.305 e. The molecule has 6 heteroatoms. The van der Waals surface area contributed by atoms with Crippen LogP contribution >= 0.6 is 11.3 Å². The van der Waals surface area contributed by atoms with Crippen molar-refractivity contribution in [3.63, 3.8) is 0 Å². The monoisotopic (exact) mass is 460 g/mol. The van der Waals surface area contributed by atoms with E-state index in [0.29, 0.717) is 19.3 Å². The molecule has 0 spiro atoms. The lowest BCUT2D eigenvalue weighted by Crippen LogP contribution is -2.21. The molecular formula is C26H36O5S. The first kappa shape index (κ1) is 24.9. The van der Waals surface area contributed by atoms with Gasteiger partial charge in [0.15, 0.2) is 5.79 Å². The van der Waals surface area contributed by atoms with Crippen LogP contribution in [0.5, 0.6) is 0 Å². The summed E-state index contributed by atoms with van der Waals surface area (Å²) >= 11 is 1.67. The van der Waals surface area contributed by atoms with Gasteiger partial charge in [-0.1, -0.05) is 56.5 Å². The highest BCUT2D eigenvalue weighted by Crippen LogP contribution is 2.39. The van der Waals surface area contributed by atoms with Gasteiger partial charge in [-0.15, -0.1) is 11.3 Å². The maximum Gasteiger partial charge on any atom is 0.305 e. The number of benzene rings is 1. The zero-order valence-corrected chi connectivity index (χ0v) is 20.5. The molecule has 1 aromatic heterocycles. The van der Waals surface area contributed by atoms with Gasteiger partial charge >= 0.3 is 5.97 Å². The van der Waals surface area contributed by atoms with E-state index in [1.807, 2.05) is 32.1 Å². The number of aliphatic hydroxyl groups excluding tert-OH is 1.